The molecule has 22 heavy (non-hydrogen) atoms. The summed E-state index contributed by atoms with van der Waals surface area (Å²) >= 11 is 0. The third kappa shape index (κ3) is 3.04. The molecule has 2 heterocycles. The van der Waals surface area contributed by atoms with Gasteiger partial charge in [0.1, 0.15) is 0 Å². The average Bonchev–Trinajstić information content (AvgIpc) is 2.45. The summed E-state index contributed by atoms with van der Waals surface area (Å²) in [7, 11) is 0. The molecule has 2 aromatic rings. The van der Waals surface area contributed by atoms with Gasteiger partial charge in [-0.2, -0.15) is 0 Å². The first-order chi connectivity index (χ1) is 10.4. The molecule has 0 saturated carbocycles. The van der Waals surface area contributed by atoms with Crippen molar-refractivity contribution in [2.24, 2.45) is 0 Å². The molecule has 1 atom stereocenters. The van der Waals surface area contributed by atoms with Crippen LogP contribution in [-0.4, -0.2) is 29.1 Å². The summed E-state index contributed by atoms with van der Waals surface area (Å²) in [5, 5.41) is 3.79. The van der Waals surface area contributed by atoms with Crippen molar-refractivity contribution >= 4 is 16.8 Å². The van der Waals surface area contributed by atoms with E-state index in [0.717, 1.165) is 18.2 Å². The summed E-state index contributed by atoms with van der Waals surface area (Å²) in [5.74, 6) is -0.204. The van der Waals surface area contributed by atoms with Crippen molar-refractivity contribution in [2.45, 2.75) is 38.3 Å². The van der Waals surface area contributed by atoms with Crippen molar-refractivity contribution in [3.05, 3.63) is 46.2 Å². The van der Waals surface area contributed by atoms with Crippen LogP contribution in [0.2, 0.25) is 0 Å². The minimum atomic E-state index is -0.267. The van der Waals surface area contributed by atoms with E-state index in [9.17, 15) is 9.59 Å². The molecule has 3 rings (SSSR count). The lowest BCUT2D eigenvalue weighted by Gasteiger charge is -2.35. The molecule has 0 bridgehead atoms. The summed E-state index contributed by atoms with van der Waals surface area (Å²) in [4.78, 5) is 27.1. The van der Waals surface area contributed by atoms with Crippen molar-refractivity contribution in [1.82, 2.24) is 10.3 Å². The van der Waals surface area contributed by atoms with Crippen LogP contribution < -0.4 is 10.9 Å². The van der Waals surface area contributed by atoms with Crippen LogP contribution in [0.25, 0.3) is 10.9 Å². The maximum Gasteiger partial charge on any atom is 0.252 e. The Hall–Kier alpha value is -2.14. The Morgan fingerprint density at radius 1 is 1.36 bits per heavy atom. The number of H-pyrrole nitrogens is 1. The second-order valence-corrected chi connectivity index (χ2v) is 6.36. The van der Waals surface area contributed by atoms with Crippen LogP contribution in [0.3, 0.4) is 0 Å². The predicted octanol–water partition coefficient (Wildman–Crippen LogP) is 2.22. The van der Waals surface area contributed by atoms with E-state index >= 15 is 0 Å². The van der Waals surface area contributed by atoms with E-state index in [1.807, 2.05) is 32.0 Å². The zero-order valence-corrected chi connectivity index (χ0v) is 12.8. The number of carbonyl (C=O) groups excluding carboxylic acids is 1. The second kappa shape index (κ2) is 5.57. The van der Waals surface area contributed by atoms with E-state index in [4.69, 9.17) is 4.74 Å². The fraction of sp³-hybridized carbons (Fsp3) is 0.412. The summed E-state index contributed by atoms with van der Waals surface area (Å²) in [6.07, 6.45) is 1.55. The number of hydrogen-bond acceptors (Lipinski definition) is 3. The van der Waals surface area contributed by atoms with E-state index in [1.54, 1.807) is 6.07 Å². The lowest BCUT2D eigenvalue weighted by Crippen LogP contribution is -2.46. The monoisotopic (exact) mass is 300 g/mol. The number of aromatic nitrogens is 1. The number of aromatic amines is 1. The number of fused-ring (bicyclic) bond motifs is 1. The molecule has 1 aliphatic rings. The van der Waals surface area contributed by atoms with Gasteiger partial charge >= 0.3 is 0 Å². The molecular weight excluding hydrogens is 280 g/mol. The highest BCUT2D eigenvalue weighted by Crippen LogP contribution is 2.24. The second-order valence-electron chi connectivity index (χ2n) is 6.36. The van der Waals surface area contributed by atoms with Crippen LogP contribution >= 0.6 is 0 Å². The fourth-order valence-electron chi connectivity index (χ4n) is 3.01. The van der Waals surface area contributed by atoms with E-state index in [0.29, 0.717) is 17.7 Å². The zero-order chi connectivity index (χ0) is 15.7. The Bertz CT molecular complexity index is 764. The first-order valence-electron chi connectivity index (χ1n) is 7.51. The summed E-state index contributed by atoms with van der Waals surface area (Å²) in [6, 6.07) is 8.76. The molecule has 5 heteroatoms. The molecule has 1 saturated heterocycles. The van der Waals surface area contributed by atoms with Crippen molar-refractivity contribution in [3.63, 3.8) is 0 Å². The van der Waals surface area contributed by atoms with Crippen molar-refractivity contribution in [2.75, 3.05) is 6.61 Å². The van der Waals surface area contributed by atoms with Crippen LogP contribution in [0, 0.1) is 0 Å². The van der Waals surface area contributed by atoms with Gasteiger partial charge in [0.2, 0.25) is 5.56 Å². The lowest BCUT2D eigenvalue weighted by molar-refractivity contribution is -0.0615. The van der Waals surface area contributed by atoms with Crippen LogP contribution in [0.1, 0.15) is 37.0 Å². The number of para-hydroxylation sites is 1. The first-order valence-corrected chi connectivity index (χ1v) is 7.51. The quantitative estimate of drug-likeness (QED) is 0.893. The molecule has 1 fully saturated rings. The molecular formula is C17H20N2O3. The van der Waals surface area contributed by atoms with E-state index in [1.165, 1.54) is 6.07 Å². The first kappa shape index (κ1) is 14.8. The molecule has 0 aliphatic carbocycles. The van der Waals surface area contributed by atoms with Gasteiger partial charge in [-0.3, -0.25) is 9.59 Å². The van der Waals surface area contributed by atoms with Gasteiger partial charge in [0, 0.05) is 29.6 Å². The number of ether oxygens (including phenoxy) is 1. The van der Waals surface area contributed by atoms with Gasteiger partial charge in [0.25, 0.3) is 5.91 Å². The number of nitrogens with one attached hydrogen (secondary N) is 2. The summed E-state index contributed by atoms with van der Waals surface area (Å²) in [6.45, 7) is 4.68. The Labute approximate surface area is 128 Å². The smallest absolute Gasteiger partial charge is 0.252 e. The van der Waals surface area contributed by atoms with Gasteiger partial charge in [-0.05, 0) is 32.8 Å². The van der Waals surface area contributed by atoms with Gasteiger partial charge in [0.15, 0.2) is 0 Å². The van der Waals surface area contributed by atoms with Crippen molar-refractivity contribution < 1.29 is 9.53 Å². The standard InChI is InChI=1S/C17H20N2O3/c1-17(2)10-11(7-8-22-17)18-16(21)13-9-15(20)19-14-6-4-3-5-12(13)14/h3-6,9,11H,7-8,10H2,1-2H3,(H,18,21)(H,19,20). The van der Waals surface area contributed by atoms with Crippen LogP contribution in [0.15, 0.2) is 35.1 Å². The van der Waals surface area contributed by atoms with Crippen LogP contribution in [-0.2, 0) is 4.74 Å². The van der Waals surface area contributed by atoms with Gasteiger partial charge in [0.05, 0.1) is 11.2 Å². The normalized spacial score (nSPS) is 20.7. The Kier molecular flexibility index (Phi) is 3.74. The molecule has 0 spiro atoms. The number of pyridine rings is 1. The minimum absolute atomic E-state index is 0.0642. The number of rotatable bonds is 2. The van der Waals surface area contributed by atoms with E-state index in [-0.39, 0.29) is 23.1 Å². The molecule has 1 aromatic carbocycles. The van der Waals surface area contributed by atoms with E-state index < -0.39 is 0 Å². The SMILES string of the molecule is CC1(C)CC(NC(=O)c2cc(=O)[nH]c3ccccc23)CCO1. The van der Waals surface area contributed by atoms with Gasteiger partial charge in [-0.1, -0.05) is 18.2 Å². The summed E-state index contributed by atoms with van der Waals surface area (Å²) < 4.78 is 5.67. The van der Waals surface area contributed by atoms with Gasteiger partial charge < -0.3 is 15.0 Å². The third-order valence-corrected chi connectivity index (χ3v) is 4.03. The summed E-state index contributed by atoms with van der Waals surface area (Å²) in [5.41, 5.74) is 0.596. The Morgan fingerprint density at radius 3 is 2.91 bits per heavy atom. The van der Waals surface area contributed by atoms with Crippen molar-refractivity contribution in [1.29, 1.82) is 0 Å². The molecule has 1 unspecified atom stereocenters. The number of hydrogen-bond donors (Lipinski definition) is 2. The molecule has 2 N–H and O–H groups in total. The minimum Gasteiger partial charge on any atom is -0.375 e. The number of benzene rings is 1. The Balaban J connectivity index is 1.88. The highest BCUT2D eigenvalue weighted by molar-refractivity contribution is 6.06. The van der Waals surface area contributed by atoms with Crippen molar-refractivity contribution in [3.8, 4) is 0 Å². The van der Waals surface area contributed by atoms with E-state index in [2.05, 4.69) is 10.3 Å². The van der Waals surface area contributed by atoms with Gasteiger partial charge in [-0.15, -0.1) is 0 Å². The molecule has 5 nitrogen and oxygen atoms in total. The fourth-order valence-corrected chi connectivity index (χ4v) is 3.01. The average molecular weight is 300 g/mol. The van der Waals surface area contributed by atoms with Crippen LogP contribution in [0.5, 0.6) is 0 Å². The third-order valence-electron chi connectivity index (χ3n) is 4.03. The Morgan fingerprint density at radius 2 is 2.14 bits per heavy atom. The lowest BCUT2D eigenvalue weighted by atomic mass is 9.93. The maximum absolute atomic E-state index is 12.6. The van der Waals surface area contributed by atoms with Crippen LogP contribution in [0.4, 0.5) is 0 Å². The molecule has 116 valence electrons. The van der Waals surface area contributed by atoms with Gasteiger partial charge in [-0.25, -0.2) is 0 Å². The zero-order valence-electron chi connectivity index (χ0n) is 12.8. The molecule has 1 aromatic heterocycles. The largest absolute Gasteiger partial charge is 0.375 e. The topological polar surface area (TPSA) is 71.2 Å². The molecule has 1 aliphatic heterocycles. The maximum atomic E-state index is 12.6. The highest BCUT2D eigenvalue weighted by Gasteiger charge is 2.30. The number of amides is 1. The predicted molar refractivity (Wildman–Crippen MR) is 85.1 cm³/mol. The molecule has 0 radical (unpaired) electrons. The number of carbonyl (C=O) groups is 1. The highest BCUT2D eigenvalue weighted by atomic mass is 16.5. The molecule has 1 amide bonds.